The zero-order valence-corrected chi connectivity index (χ0v) is 8.26. The van der Waals surface area contributed by atoms with Crippen LogP contribution >= 0.6 is 0 Å². The Balaban J connectivity index is 3.17. The van der Waals surface area contributed by atoms with Gasteiger partial charge in [0.1, 0.15) is 0 Å². The number of benzene rings is 1. The quantitative estimate of drug-likeness (QED) is 0.734. The van der Waals surface area contributed by atoms with Crippen molar-refractivity contribution in [3.8, 4) is 0 Å². The SMILES string of the molecule is CCS(=O)(=O)c1cccc(C[NH])c1. The molecule has 0 aliphatic heterocycles. The van der Waals surface area contributed by atoms with E-state index in [4.69, 9.17) is 5.73 Å². The molecule has 13 heavy (non-hydrogen) atoms. The van der Waals surface area contributed by atoms with E-state index in [0.717, 1.165) is 5.56 Å². The van der Waals surface area contributed by atoms with Crippen LogP contribution < -0.4 is 5.73 Å². The molecule has 0 atom stereocenters. The Morgan fingerprint density at radius 2 is 2.08 bits per heavy atom. The molecule has 0 aromatic heterocycles. The molecule has 3 nitrogen and oxygen atoms in total. The topological polar surface area (TPSA) is 57.9 Å². The minimum absolute atomic E-state index is 0.106. The summed E-state index contributed by atoms with van der Waals surface area (Å²) in [6, 6.07) is 6.55. The van der Waals surface area contributed by atoms with Gasteiger partial charge in [-0.3, -0.25) is 5.73 Å². The van der Waals surface area contributed by atoms with Gasteiger partial charge in [0.25, 0.3) is 0 Å². The lowest BCUT2D eigenvalue weighted by molar-refractivity contribution is 0.597. The summed E-state index contributed by atoms with van der Waals surface area (Å²) < 4.78 is 22.8. The van der Waals surface area contributed by atoms with Gasteiger partial charge in [-0.25, -0.2) is 8.42 Å². The van der Waals surface area contributed by atoms with Gasteiger partial charge in [-0.15, -0.1) is 0 Å². The van der Waals surface area contributed by atoms with Crippen molar-refractivity contribution in [2.45, 2.75) is 18.4 Å². The van der Waals surface area contributed by atoms with Gasteiger partial charge in [0.05, 0.1) is 10.6 Å². The van der Waals surface area contributed by atoms with Crippen LogP contribution in [-0.4, -0.2) is 14.2 Å². The van der Waals surface area contributed by atoms with Crippen LogP contribution in [0.15, 0.2) is 29.2 Å². The third-order valence-electron chi connectivity index (χ3n) is 1.84. The van der Waals surface area contributed by atoms with E-state index in [1.165, 1.54) is 0 Å². The molecule has 0 amide bonds. The van der Waals surface area contributed by atoms with Crippen LogP contribution in [-0.2, 0) is 16.4 Å². The van der Waals surface area contributed by atoms with Crippen LogP contribution in [0.4, 0.5) is 0 Å². The summed E-state index contributed by atoms with van der Waals surface area (Å²) in [5.74, 6) is 0.106. The lowest BCUT2D eigenvalue weighted by Crippen LogP contribution is -2.04. The van der Waals surface area contributed by atoms with Crippen molar-refractivity contribution in [1.29, 1.82) is 0 Å². The largest absolute Gasteiger partial charge is 0.253 e. The zero-order chi connectivity index (χ0) is 9.90. The summed E-state index contributed by atoms with van der Waals surface area (Å²) in [5.41, 5.74) is 7.84. The maximum Gasteiger partial charge on any atom is 0.178 e. The van der Waals surface area contributed by atoms with Crippen molar-refractivity contribution in [2.24, 2.45) is 0 Å². The maximum atomic E-state index is 11.4. The lowest BCUT2D eigenvalue weighted by Gasteiger charge is -2.02. The van der Waals surface area contributed by atoms with Crippen LogP contribution in [0.25, 0.3) is 0 Å². The molecule has 1 aromatic rings. The van der Waals surface area contributed by atoms with E-state index < -0.39 is 9.84 Å². The fourth-order valence-electron chi connectivity index (χ4n) is 1.02. The van der Waals surface area contributed by atoms with Crippen molar-refractivity contribution in [3.63, 3.8) is 0 Å². The van der Waals surface area contributed by atoms with Gasteiger partial charge in [0.2, 0.25) is 0 Å². The predicted octanol–water partition coefficient (Wildman–Crippen LogP) is 1.26. The van der Waals surface area contributed by atoms with Gasteiger partial charge in [0, 0.05) is 6.54 Å². The normalized spacial score (nSPS) is 11.5. The molecule has 1 N–H and O–H groups in total. The Morgan fingerprint density at radius 3 is 2.62 bits per heavy atom. The molecule has 0 heterocycles. The van der Waals surface area contributed by atoms with Crippen LogP contribution in [0.3, 0.4) is 0 Å². The highest BCUT2D eigenvalue weighted by Crippen LogP contribution is 2.12. The second-order valence-electron chi connectivity index (χ2n) is 2.73. The molecule has 0 aliphatic rings. The highest BCUT2D eigenvalue weighted by molar-refractivity contribution is 7.91. The van der Waals surface area contributed by atoms with Crippen molar-refractivity contribution < 1.29 is 8.42 Å². The molecular formula is C9H12NO2S. The second-order valence-corrected chi connectivity index (χ2v) is 5.01. The summed E-state index contributed by atoms with van der Waals surface area (Å²) in [6.07, 6.45) is 0. The van der Waals surface area contributed by atoms with E-state index in [2.05, 4.69) is 0 Å². The smallest absolute Gasteiger partial charge is 0.178 e. The highest BCUT2D eigenvalue weighted by Gasteiger charge is 2.10. The Morgan fingerprint density at radius 1 is 1.38 bits per heavy atom. The molecule has 1 aromatic carbocycles. The van der Waals surface area contributed by atoms with Crippen molar-refractivity contribution in [2.75, 3.05) is 5.75 Å². The van der Waals surface area contributed by atoms with Gasteiger partial charge in [0.15, 0.2) is 9.84 Å². The minimum atomic E-state index is -3.11. The Kier molecular flexibility index (Phi) is 3.06. The van der Waals surface area contributed by atoms with Crippen molar-refractivity contribution in [1.82, 2.24) is 5.73 Å². The number of hydrogen-bond donors (Lipinski definition) is 0. The summed E-state index contributed by atoms with van der Waals surface area (Å²) in [6.45, 7) is 1.73. The van der Waals surface area contributed by atoms with Crippen LogP contribution in [0.1, 0.15) is 12.5 Å². The molecule has 1 radical (unpaired) electrons. The minimum Gasteiger partial charge on any atom is -0.253 e. The van der Waals surface area contributed by atoms with Gasteiger partial charge < -0.3 is 0 Å². The second kappa shape index (κ2) is 3.89. The average molecular weight is 198 g/mol. The summed E-state index contributed by atoms with van der Waals surface area (Å²) >= 11 is 0. The first-order valence-electron chi connectivity index (χ1n) is 4.06. The van der Waals surface area contributed by atoms with Crippen LogP contribution in [0, 0.1) is 0 Å². The predicted molar refractivity (Wildman–Crippen MR) is 51.0 cm³/mol. The lowest BCUT2D eigenvalue weighted by atomic mass is 10.2. The fourth-order valence-corrected chi connectivity index (χ4v) is 1.97. The van der Waals surface area contributed by atoms with E-state index in [9.17, 15) is 8.42 Å². The molecule has 0 saturated carbocycles. The monoisotopic (exact) mass is 198 g/mol. The molecule has 1 rings (SSSR count). The molecule has 0 bridgehead atoms. The maximum absolute atomic E-state index is 11.4. The van der Waals surface area contributed by atoms with Gasteiger partial charge in [-0.1, -0.05) is 19.1 Å². The van der Waals surface area contributed by atoms with Crippen molar-refractivity contribution in [3.05, 3.63) is 29.8 Å². The first-order valence-corrected chi connectivity index (χ1v) is 5.71. The highest BCUT2D eigenvalue weighted by atomic mass is 32.2. The van der Waals surface area contributed by atoms with E-state index in [0.29, 0.717) is 4.90 Å². The van der Waals surface area contributed by atoms with Gasteiger partial charge in [-0.2, -0.15) is 0 Å². The standard InChI is InChI=1S/C9H12NO2S/c1-2-13(11,12)9-5-3-4-8(6-9)7-10/h3-6,10H,2,7H2,1H3. The van der Waals surface area contributed by atoms with E-state index in [1.54, 1.807) is 31.2 Å². The third-order valence-corrected chi connectivity index (χ3v) is 3.57. The summed E-state index contributed by atoms with van der Waals surface area (Å²) in [7, 11) is -3.11. The molecule has 0 spiro atoms. The van der Waals surface area contributed by atoms with E-state index in [-0.39, 0.29) is 12.3 Å². The molecule has 0 saturated heterocycles. The number of hydrogen-bond acceptors (Lipinski definition) is 2. The summed E-state index contributed by atoms with van der Waals surface area (Å²) in [5, 5.41) is 0. The van der Waals surface area contributed by atoms with Gasteiger partial charge in [-0.05, 0) is 17.7 Å². The van der Waals surface area contributed by atoms with Crippen LogP contribution in [0.5, 0.6) is 0 Å². The Labute approximate surface area is 78.5 Å². The fraction of sp³-hybridized carbons (Fsp3) is 0.333. The van der Waals surface area contributed by atoms with Gasteiger partial charge >= 0.3 is 0 Å². The number of rotatable bonds is 3. The first-order chi connectivity index (χ1) is 6.10. The molecule has 0 fully saturated rings. The molecule has 0 aliphatic carbocycles. The molecule has 71 valence electrons. The van der Waals surface area contributed by atoms with E-state index in [1.807, 2.05) is 0 Å². The third kappa shape index (κ3) is 2.29. The van der Waals surface area contributed by atoms with Crippen molar-refractivity contribution >= 4 is 9.84 Å². The van der Waals surface area contributed by atoms with Crippen LogP contribution in [0.2, 0.25) is 0 Å². The Hall–Kier alpha value is -0.870. The number of sulfone groups is 1. The summed E-state index contributed by atoms with van der Waals surface area (Å²) in [4.78, 5) is 0.319. The number of nitrogens with one attached hydrogen (secondary N) is 1. The molecule has 4 heteroatoms. The molecular weight excluding hydrogens is 186 g/mol. The Bertz CT molecular complexity index is 384. The van der Waals surface area contributed by atoms with E-state index >= 15 is 0 Å². The average Bonchev–Trinajstić information content (AvgIpc) is 2.18. The molecule has 0 unspecified atom stereocenters. The first kappa shape index (κ1) is 10.2. The zero-order valence-electron chi connectivity index (χ0n) is 7.45.